The Morgan fingerprint density at radius 2 is 2.00 bits per heavy atom. The maximum atomic E-state index is 15.7. The second-order valence-electron chi connectivity index (χ2n) is 9.46. The van der Waals surface area contributed by atoms with E-state index in [1.165, 1.54) is 11.1 Å². The summed E-state index contributed by atoms with van der Waals surface area (Å²) in [4.78, 5) is 39.9. The molecule has 0 radical (unpaired) electrons. The summed E-state index contributed by atoms with van der Waals surface area (Å²) < 4.78 is 22.3. The lowest BCUT2D eigenvalue weighted by atomic mass is 10.1. The molecule has 1 aromatic heterocycles. The molecule has 1 amide bonds. The summed E-state index contributed by atoms with van der Waals surface area (Å²) in [6.45, 7) is 6.60. The number of anilines is 2. The lowest BCUT2D eigenvalue weighted by Gasteiger charge is -2.28. The van der Waals surface area contributed by atoms with Crippen LogP contribution in [-0.2, 0) is 11.3 Å². The minimum atomic E-state index is -1.39. The molecule has 204 valence electrons. The van der Waals surface area contributed by atoms with E-state index in [-0.39, 0.29) is 40.7 Å². The van der Waals surface area contributed by atoms with Gasteiger partial charge in [0.25, 0.3) is 0 Å². The number of halogens is 2. The van der Waals surface area contributed by atoms with E-state index in [4.69, 9.17) is 21.6 Å². The maximum absolute atomic E-state index is 15.7. The Morgan fingerprint density at radius 1 is 1.31 bits per heavy atom. The van der Waals surface area contributed by atoms with Gasteiger partial charge in [-0.25, -0.2) is 14.0 Å². The van der Waals surface area contributed by atoms with Gasteiger partial charge in [0.05, 0.1) is 28.2 Å². The molecule has 0 bridgehead atoms. The van der Waals surface area contributed by atoms with E-state index >= 15 is 4.39 Å². The second-order valence-corrected chi connectivity index (χ2v) is 9.84. The third kappa shape index (κ3) is 5.27. The molecule has 2 unspecified atom stereocenters. The number of carboxylic acid groups (broad SMARTS) is 1. The summed E-state index contributed by atoms with van der Waals surface area (Å²) in [7, 11) is 0. The third-order valence-electron chi connectivity index (χ3n) is 6.87. The number of hydrogen-bond donors (Lipinski definition) is 1. The molecule has 39 heavy (non-hydrogen) atoms. The Bertz CT molecular complexity index is 1530. The van der Waals surface area contributed by atoms with Gasteiger partial charge in [0.2, 0.25) is 11.5 Å². The first-order valence-electron chi connectivity index (χ1n) is 12.6. The molecule has 3 aromatic rings. The van der Waals surface area contributed by atoms with Crippen molar-refractivity contribution < 1.29 is 23.8 Å². The number of cyclic esters (lactones) is 1. The molecule has 2 aromatic carbocycles. The van der Waals surface area contributed by atoms with Crippen LogP contribution < -0.4 is 15.2 Å². The predicted octanol–water partition coefficient (Wildman–Crippen LogP) is 5.73. The van der Waals surface area contributed by atoms with E-state index in [1.54, 1.807) is 33.7 Å². The number of amides is 1. The maximum Gasteiger partial charge on any atom is 0.415 e. The number of benzene rings is 2. The minimum Gasteiger partial charge on any atom is -0.477 e. The monoisotopic (exact) mass is 554 g/mol. The van der Waals surface area contributed by atoms with Crippen LogP contribution in [0, 0.1) is 17.1 Å². The van der Waals surface area contributed by atoms with Crippen LogP contribution >= 0.6 is 11.6 Å². The zero-order chi connectivity index (χ0) is 28.4. The topological polar surface area (TPSA) is 116 Å². The number of hydrogen-bond acceptors (Lipinski definition) is 6. The number of pyridine rings is 1. The van der Waals surface area contributed by atoms with Gasteiger partial charge >= 0.3 is 12.1 Å². The van der Waals surface area contributed by atoms with Gasteiger partial charge in [0, 0.05) is 31.0 Å². The highest BCUT2D eigenvalue weighted by Crippen LogP contribution is 2.38. The summed E-state index contributed by atoms with van der Waals surface area (Å²) in [5.41, 5.74) is 0.557. The zero-order valence-corrected chi connectivity index (χ0v) is 22.5. The quantitative estimate of drug-likeness (QED) is 0.359. The zero-order valence-electron chi connectivity index (χ0n) is 21.8. The Balaban J connectivity index is 1.76. The fourth-order valence-electron chi connectivity index (χ4n) is 4.70. The highest BCUT2D eigenvalue weighted by atomic mass is 35.5. The van der Waals surface area contributed by atoms with Crippen molar-refractivity contribution in [3.63, 3.8) is 0 Å². The second kappa shape index (κ2) is 11.3. The fraction of sp³-hybridized carbons (Fsp3) is 0.357. The highest BCUT2D eigenvalue weighted by molar-refractivity contribution is 6.38. The lowest BCUT2D eigenvalue weighted by Crippen LogP contribution is -2.27. The first-order valence-corrected chi connectivity index (χ1v) is 13.0. The fourth-order valence-corrected chi connectivity index (χ4v) is 5.11. The summed E-state index contributed by atoms with van der Waals surface area (Å²) in [6.07, 6.45) is 1.17. The molecule has 0 saturated carbocycles. The van der Waals surface area contributed by atoms with Crippen molar-refractivity contribution in [3.8, 4) is 6.07 Å². The highest BCUT2D eigenvalue weighted by Gasteiger charge is 2.32. The molecule has 2 heterocycles. The molecule has 9 nitrogen and oxygen atoms in total. The largest absolute Gasteiger partial charge is 0.477 e. The van der Waals surface area contributed by atoms with Crippen LogP contribution in [0.25, 0.3) is 10.9 Å². The van der Waals surface area contributed by atoms with Gasteiger partial charge in [-0.2, -0.15) is 5.26 Å². The number of aromatic nitrogens is 1. The number of rotatable bonds is 9. The number of nitrogens with zero attached hydrogens (tertiary/aromatic N) is 4. The molecule has 1 fully saturated rings. The van der Waals surface area contributed by atoms with Crippen molar-refractivity contribution in [1.82, 2.24) is 4.57 Å². The van der Waals surface area contributed by atoms with Gasteiger partial charge in [-0.1, -0.05) is 37.6 Å². The van der Waals surface area contributed by atoms with E-state index in [0.29, 0.717) is 25.1 Å². The van der Waals surface area contributed by atoms with Gasteiger partial charge in [-0.05, 0) is 43.5 Å². The van der Waals surface area contributed by atoms with Crippen LogP contribution in [0.15, 0.2) is 41.3 Å². The van der Waals surface area contributed by atoms with Crippen molar-refractivity contribution in [1.29, 1.82) is 5.26 Å². The number of carboxylic acids is 1. The third-order valence-corrected chi connectivity index (χ3v) is 7.23. The number of ether oxygens (including phenoxy) is 1. The molecule has 11 heteroatoms. The Morgan fingerprint density at radius 3 is 2.56 bits per heavy atom. The molecule has 1 saturated heterocycles. The van der Waals surface area contributed by atoms with Gasteiger partial charge in [0.1, 0.15) is 17.4 Å². The molecular formula is C28H28ClFN4O5. The molecule has 1 aliphatic rings. The summed E-state index contributed by atoms with van der Waals surface area (Å²) in [5, 5.41) is 18.5. The number of aromatic carboxylic acids is 1. The Kier molecular flexibility index (Phi) is 8.11. The minimum absolute atomic E-state index is 0.0340. The normalized spacial score (nSPS) is 15.7. The number of carbonyl (C=O) groups is 2. The van der Waals surface area contributed by atoms with Gasteiger partial charge in [0.15, 0.2) is 0 Å². The summed E-state index contributed by atoms with van der Waals surface area (Å²) in [5.74, 6) is -2.11. The Hall–Kier alpha value is -4.10. The molecule has 0 aliphatic carbocycles. The van der Waals surface area contributed by atoms with Crippen molar-refractivity contribution in [3.05, 3.63) is 68.7 Å². The average molecular weight is 555 g/mol. The smallest absolute Gasteiger partial charge is 0.415 e. The van der Waals surface area contributed by atoms with Crippen LogP contribution in [0.5, 0.6) is 0 Å². The number of nitriles is 1. The van der Waals surface area contributed by atoms with Crippen LogP contribution in [-0.4, -0.2) is 40.9 Å². The van der Waals surface area contributed by atoms with E-state index in [0.717, 1.165) is 11.6 Å². The Labute approximate surface area is 229 Å². The molecule has 1 aliphatic heterocycles. The number of fused-ring (bicyclic) bond motifs is 1. The first kappa shape index (κ1) is 27.9. The van der Waals surface area contributed by atoms with E-state index in [1.807, 2.05) is 26.8 Å². The summed E-state index contributed by atoms with van der Waals surface area (Å²) >= 11 is 6.84. The number of carbonyl (C=O) groups excluding carboxylic acids is 1. The average Bonchev–Trinajstić information content (AvgIpc) is 3.29. The van der Waals surface area contributed by atoms with Gasteiger partial charge < -0.3 is 19.3 Å². The summed E-state index contributed by atoms with van der Waals surface area (Å²) in [6, 6.07) is 9.85. The van der Waals surface area contributed by atoms with Gasteiger partial charge in [-0.15, -0.1) is 0 Å². The van der Waals surface area contributed by atoms with Crippen LogP contribution in [0.2, 0.25) is 5.02 Å². The van der Waals surface area contributed by atoms with Crippen molar-refractivity contribution in [2.24, 2.45) is 0 Å². The molecular weight excluding hydrogens is 527 g/mol. The van der Waals surface area contributed by atoms with Crippen LogP contribution in [0.3, 0.4) is 0 Å². The van der Waals surface area contributed by atoms with E-state index < -0.39 is 35.0 Å². The lowest BCUT2D eigenvalue weighted by molar-refractivity contribution is 0.0694. The van der Waals surface area contributed by atoms with Gasteiger partial charge in [-0.3, -0.25) is 9.69 Å². The van der Waals surface area contributed by atoms with E-state index in [9.17, 15) is 19.5 Å². The van der Waals surface area contributed by atoms with Crippen LogP contribution in [0.1, 0.15) is 55.6 Å². The SMILES string of the molecule is CCCN(Cc1ccc(N2CC(C#N)OC2=O)cc1)c1c(F)cc2c(=O)c(C(=O)O)cn(C(C)CC)c2c1Cl. The molecule has 0 spiro atoms. The van der Waals surface area contributed by atoms with Crippen molar-refractivity contribution >= 4 is 45.9 Å². The first-order chi connectivity index (χ1) is 18.6. The molecule has 2 atom stereocenters. The molecule has 1 N–H and O–H groups in total. The molecule has 4 rings (SSSR count). The van der Waals surface area contributed by atoms with E-state index in [2.05, 4.69) is 0 Å². The predicted molar refractivity (Wildman–Crippen MR) is 146 cm³/mol. The van der Waals surface area contributed by atoms with Crippen molar-refractivity contribution in [2.45, 2.75) is 52.3 Å². The van der Waals surface area contributed by atoms with Crippen molar-refractivity contribution in [2.75, 3.05) is 22.9 Å². The van der Waals surface area contributed by atoms with Crippen LogP contribution in [0.4, 0.5) is 20.6 Å². The standard InChI is InChI=1S/C28H28ClFN4O5/c1-4-10-32(13-17-6-8-18(9-7-17)34-14-19(12-31)39-28(34)38)25-22(30)11-20-24(23(25)29)33(16(3)5-2)15-21(26(20)35)27(36)37/h6-9,11,15-16,19H,4-5,10,13-14H2,1-3H3,(H,36,37).